The maximum atomic E-state index is 12.2. The number of hydrogen-bond acceptors (Lipinski definition) is 3. The zero-order valence-electron chi connectivity index (χ0n) is 14.2. The van der Waals surface area contributed by atoms with E-state index in [0.29, 0.717) is 31.0 Å². The van der Waals surface area contributed by atoms with Gasteiger partial charge < -0.3 is 15.4 Å². The lowest BCUT2D eigenvalue weighted by molar-refractivity contribution is -0.122. The van der Waals surface area contributed by atoms with Gasteiger partial charge in [-0.2, -0.15) is 0 Å². The van der Waals surface area contributed by atoms with Crippen LogP contribution in [0.5, 0.6) is 5.75 Å². The van der Waals surface area contributed by atoms with E-state index >= 15 is 0 Å². The van der Waals surface area contributed by atoms with Crippen LogP contribution in [0.1, 0.15) is 44.6 Å². The van der Waals surface area contributed by atoms with Crippen LogP contribution in [0.15, 0.2) is 24.3 Å². The highest BCUT2D eigenvalue weighted by Crippen LogP contribution is 2.32. The maximum absolute atomic E-state index is 12.2. The fourth-order valence-electron chi connectivity index (χ4n) is 3.82. The molecule has 1 aromatic carbocycles. The second-order valence-electron chi connectivity index (χ2n) is 7.23. The molecule has 2 fully saturated rings. The Hall–Kier alpha value is -1.55. The van der Waals surface area contributed by atoms with E-state index in [2.05, 4.69) is 17.6 Å². The normalized spacial score (nSPS) is 27.5. The first kappa shape index (κ1) is 16.3. The Balaban J connectivity index is 1.37. The van der Waals surface area contributed by atoms with E-state index in [-0.39, 0.29) is 12.0 Å². The number of ether oxygens (including phenoxy) is 1. The molecular weight excluding hydrogens is 288 g/mol. The largest absolute Gasteiger partial charge is 0.489 e. The molecule has 0 aliphatic carbocycles. The molecule has 1 aromatic rings. The summed E-state index contributed by atoms with van der Waals surface area (Å²) >= 11 is 0. The molecule has 0 saturated carbocycles. The Kier molecular flexibility index (Phi) is 5.21. The summed E-state index contributed by atoms with van der Waals surface area (Å²) in [4.78, 5) is 12.2. The predicted octanol–water partition coefficient (Wildman–Crippen LogP) is 2.80. The van der Waals surface area contributed by atoms with Crippen molar-refractivity contribution in [3.05, 3.63) is 29.8 Å². The highest BCUT2D eigenvalue weighted by molar-refractivity contribution is 5.76. The molecule has 0 radical (unpaired) electrons. The van der Waals surface area contributed by atoms with Crippen molar-refractivity contribution in [3.8, 4) is 5.75 Å². The maximum Gasteiger partial charge on any atom is 0.220 e. The Labute approximate surface area is 139 Å². The minimum absolute atomic E-state index is 0.0224. The zero-order valence-corrected chi connectivity index (χ0v) is 14.2. The van der Waals surface area contributed by atoms with Gasteiger partial charge in [-0.15, -0.1) is 0 Å². The number of piperidine rings is 1. The first-order valence-corrected chi connectivity index (χ1v) is 8.84. The number of amides is 1. The number of benzene rings is 1. The van der Waals surface area contributed by atoms with Gasteiger partial charge >= 0.3 is 0 Å². The van der Waals surface area contributed by atoms with E-state index in [4.69, 9.17) is 4.74 Å². The predicted molar refractivity (Wildman–Crippen MR) is 91.6 cm³/mol. The fourth-order valence-corrected chi connectivity index (χ4v) is 3.82. The van der Waals surface area contributed by atoms with Crippen molar-refractivity contribution >= 4 is 5.91 Å². The molecule has 2 N–H and O–H groups in total. The summed E-state index contributed by atoms with van der Waals surface area (Å²) < 4.78 is 5.83. The van der Waals surface area contributed by atoms with Gasteiger partial charge in [0.15, 0.2) is 0 Å². The number of hydrogen-bond donors (Lipinski definition) is 2. The van der Waals surface area contributed by atoms with E-state index in [9.17, 15) is 4.79 Å². The molecule has 0 spiro atoms. The van der Waals surface area contributed by atoms with Crippen LogP contribution >= 0.6 is 0 Å². The van der Waals surface area contributed by atoms with Gasteiger partial charge in [-0.3, -0.25) is 4.79 Å². The van der Waals surface area contributed by atoms with E-state index in [0.717, 1.165) is 18.6 Å². The molecule has 2 bridgehead atoms. The third-order valence-corrected chi connectivity index (χ3v) is 4.99. The summed E-state index contributed by atoms with van der Waals surface area (Å²) in [5, 5.41) is 6.65. The van der Waals surface area contributed by atoms with Gasteiger partial charge in [0.2, 0.25) is 5.91 Å². The molecule has 0 aromatic heterocycles. The van der Waals surface area contributed by atoms with Crippen molar-refractivity contribution in [3.63, 3.8) is 0 Å². The van der Waals surface area contributed by atoms with Gasteiger partial charge in [0.25, 0.3) is 0 Å². The quantitative estimate of drug-likeness (QED) is 0.848. The van der Waals surface area contributed by atoms with Crippen LogP contribution in [-0.4, -0.2) is 30.6 Å². The molecule has 2 aliphatic heterocycles. The smallest absolute Gasteiger partial charge is 0.220 e. The molecule has 2 saturated heterocycles. The third-order valence-electron chi connectivity index (χ3n) is 4.99. The minimum Gasteiger partial charge on any atom is -0.489 e. The van der Waals surface area contributed by atoms with Gasteiger partial charge in [-0.05, 0) is 57.6 Å². The first-order chi connectivity index (χ1) is 11.1. The molecule has 23 heavy (non-hydrogen) atoms. The Bertz CT molecular complexity index is 517. The van der Waals surface area contributed by atoms with Crippen LogP contribution in [0.25, 0.3) is 0 Å². The standard InChI is InChI=1S/C19H28N2O2/c1-13-3-7-18(8-4-13)23-14(2)12-20-19(22)11-15-9-16-5-6-17(10-15)21-16/h3-4,7-8,14-17,21H,5-6,9-12H2,1-2H3,(H,20,22). The monoisotopic (exact) mass is 316 g/mol. The number of fused-ring (bicyclic) bond motifs is 2. The minimum atomic E-state index is -0.0224. The topological polar surface area (TPSA) is 50.4 Å². The molecule has 4 nitrogen and oxygen atoms in total. The van der Waals surface area contributed by atoms with Crippen LogP contribution in [-0.2, 0) is 4.79 Å². The molecule has 126 valence electrons. The van der Waals surface area contributed by atoms with Gasteiger partial charge in [-0.1, -0.05) is 17.7 Å². The average Bonchev–Trinajstić information content (AvgIpc) is 2.86. The Morgan fingerprint density at radius 1 is 1.26 bits per heavy atom. The van der Waals surface area contributed by atoms with Crippen molar-refractivity contribution in [2.24, 2.45) is 5.92 Å². The summed E-state index contributed by atoms with van der Waals surface area (Å²) in [6.07, 6.45) is 5.50. The van der Waals surface area contributed by atoms with Crippen LogP contribution < -0.4 is 15.4 Å². The van der Waals surface area contributed by atoms with Crippen molar-refractivity contribution < 1.29 is 9.53 Å². The Morgan fingerprint density at radius 3 is 2.57 bits per heavy atom. The molecule has 3 rings (SSSR count). The van der Waals surface area contributed by atoms with Crippen molar-refractivity contribution in [2.75, 3.05) is 6.54 Å². The second-order valence-corrected chi connectivity index (χ2v) is 7.23. The molecule has 2 heterocycles. The van der Waals surface area contributed by atoms with E-state index in [1.807, 2.05) is 31.2 Å². The fraction of sp³-hybridized carbons (Fsp3) is 0.632. The van der Waals surface area contributed by atoms with Crippen molar-refractivity contribution in [1.82, 2.24) is 10.6 Å². The summed E-state index contributed by atoms with van der Waals surface area (Å²) in [5.74, 6) is 1.56. The van der Waals surface area contributed by atoms with Gasteiger partial charge in [-0.25, -0.2) is 0 Å². The van der Waals surface area contributed by atoms with Gasteiger partial charge in [0.1, 0.15) is 11.9 Å². The second kappa shape index (κ2) is 7.35. The lowest BCUT2D eigenvalue weighted by Gasteiger charge is -2.28. The van der Waals surface area contributed by atoms with Crippen LogP contribution in [0.4, 0.5) is 0 Å². The number of rotatable bonds is 6. The first-order valence-electron chi connectivity index (χ1n) is 8.84. The summed E-state index contributed by atoms with van der Waals surface area (Å²) in [5.41, 5.74) is 1.22. The molecule has 3 atom stereocenters. The zero-order chi connectivity index (χ0) is 16.2. The summed E-state index contributed by atoms with van der Waals surface area (Å²) in [6.45, 7) is 4.61. The summed E-state index contributed by atoms with van der Waals surface area (Å²) in [6, 6.07) is 9.31. The molecule has 3 unspecified atom stereocenters. The highest BCUT2D eigenvalue weighted by atomic mass is 16.5. The van der Waals surface area contributed by atoms with Crippen LogP contribution in [0.2, 0.25) is 0 Å². The van der Waals surface area contributed by atoms with Crippen LogP contribution in [0.3, 0.4) is 0 Å². The Morgan fingerprint density at radius 2 is 1.91 bits per heavy atom. The highest BCUT2D eigenvalue weighted by Gasteiger charge is 2.34. The molecular formula is C19H28N2O2. The molecule has 1 amide bonds. The number of aryl methyl sites for hydroxylation is 1. The van der Waals surface area contributed by atoms with E-state index in [1.54, 1.807) is 0 Å². The van der Waals surface area contributed by atoms with E-state index in [1.165, 1.54) is 18.4 Å². The van der Waals surface area contributed by atoms with Crippen molar-refractivity contribution in [1.29, 1.82) is 0 Å². The third kappa shape index (κ3) is 4.71. The SMILES string of the molecule is Cc1ccc(OC(C)CNC(=O)CC2CC3CCC(C2)N3)cc1. The number of carbonyl (C=O) groups excluding carboxylic acids is 1. The average molecular weight is 316 g/mol. The van der Waals surface area contributed by atoms with Gasteiger partial charge in [0.05, 0.1) is 6.54 Å². The van der Waals surface area contributed by atoms with Crippen LogP contribution in [0, 0.1) is 12.8 Å². The lowest BCUT2D eigenvalue weighted by atomic mass is 9.89. The summed E-state index contributed by atoms with van der Waals surface area (Å²) in [7, 11) is 0. The number of nitrogens with one attached hydrogen (secondary N) is 2. The molecule has 4 heteroatoms. The van der Waals surface area contributed by atoms with Gasteiger partial charge in [0, 0.05) is 18.5 Å². The van der Waals surface area contributed by atoms with E-state index < -0.39 is 0 Å². The van der Waals surface area contributed by atoms with Crippen molar-refractivity contribution in [2.45, 2.75) is 64.1 Å². The number of carbonyl (C=O) groups is 1. The lowest BCUT2D eigenvalue weighted by Crippen LogP contribution is -2.40. The molecule has 2 aliphatic rings.